The second kappa shape index (κ2) is 9.78. The minimum absolute atomic E-state index is 0. The van der Waals surface area contributed by atoms with Gasteiger partial charge in [-0.3, -0.25) is 11.6 Å². The number of benzene rings is 1. The average Bonchev–Trinajstić information content (AvgIpc) is 2.72. The normalized spacial score (nSPS) is 14.4. The molecule has 0 amide bonds. The summed E-state index contributed by atoms with van der Waals surface area (Å²) >= 11 is 2.87. The molecular formula is C12H6K2N2S2. The maximum atomic E-state index is 8.80. The molecule has 0 radical (unpaired) electrons. The monoisotopic (exact) mass is 320 g/mol. The number of aryl methyl sites for hydroxylation is 1. The second-order valence-electron chi connectivity index (χ2n) is 3.01. The molecule has 0 unspecified atom stereocenters. The minimum atomic E-state index is 0. The summed E-state index contributed by atoms with van der Waals surface area (Å²) in [7, 11) is 0. The van der Waals surface area contributed by atoms with Crippen LogP contribution < -0.4 is 103 Å². The SMILES string of the molecule is [C-]#[N+]/C(C#N)=C1\Sc2[c-]cc(CC)[c-]c2S1.[K+].[K+]. The van der Waals surface area contributed by atoms with Crippen molar-refractivity contribution >= 4 is 23.5 Å². The summed E-state index contributed by atoms with van der Waals surface area (Å²) < 4.78 is 0.744. The summed E-state index contributed by atoms with van der Waals surface area (Å²) in [6.45, 7) is 8.97. The Morgan fingerprint density at radius 3 is 2.67 bits per heavy atom. The van der Waals surface area contributed by atoms with Crippen molar-refractivity contribution < 1.29 is 103 Å². The van der Waals surface area contributed by atoms with Crippen molar-refractivity contribution in [3.8, 4) is 6.07 Å². The van der Waals surface area contributed by atoms with Crippen LogP contribution in [0.4, 0.5) is 0 Å². The number of fused-ring (bicyclic) bond motifs is 1. The van der Waals surface area contributed by atoms with Gasteiger partial charge in [0.1, 0.15) is 0 Å². The van der Waals surface area contributed by atoms with Crippen molar-refractivity contribution in [3.05, 3.63) is 45.1 Å². The van der Waals surface area contributed by atoms with Gasteiger partial charge in [-0.05, 0) is 0 Å². The van der Waals surface area contributed by atoms with Crippen molar-refractivity contribution in [2.75, 3.05) is 0 Å². The van der Waals surface area contributed by atoms with Crippen LogP contribution in [-0.4, -0.2) is 0 Å². The second-order valence-corrected chi connectivity index (χ2v) is 5.31. The summed E-state index contributed by atoms with van der Waals surface area (Å²) in [4.78, 5) is 5.16. The Bertz CT molecular complexity index is 540. The largest absolute Gasteiger partial charge is 1.00 e. The van der Waals surface area contributed by atoms with Gasteiger partial charge in [0, 0.05) is 4.24 Å². The zero-order chi connectivity index (χ0) is 11.5. The molecule has 0 fully saturated rings. The number of nitriles is 1. The smallest absolute Gasteiger partial charge is 0.304 e. The van der Waals surface area contributed by atoms with Crippen molar-refractivity contribution in [1.82, 2.24) is 0 Å². The van der Waals surface area contributed by atoms with E-state index in [1.165, 1.54) is 23.5 Å². The molecule has 0 aromatic heterocycles. The predicted octanol–water partition coefficient (Wildman–Crippen LogP) is -2.33. The maximum absolute atomic E-state index is 8.80. The molecule has 1 aromatic rings. The van der Waals surface area contributed by atoms with Crippen molar-refractivity contribution in [3.63, 3.8) is 0 Å². The Labute approximate surface area is 201 Å². The predicted molar refractivity (Wildman–Crippen MR) is 64.4 cm³/mol. The number of rotatable bonds is 1. The van der Waals surface area contributed by atoms with Crippen LogP contribution in [0.25, 0.3) is 4.85 Å². The van der Waals surface area contributed by atoms with Gasteiger partial charge in [-0.15, -0.1) is 0 Å². The average molecular weight is 321 g/mol. The third-order valence-corrected chi connectivity index (χ3v) is 4.46. The molecule has 18 heavy (non-hydrogen) atoms. The number of hydrogen-bond acceptors (Lipinski definition) is 3. The first kappa shape index (κ1) is 19.9. The van der Waals surface area contributed by atoms with Gasteiger partial charge in [-0.1, -0.05) is 13.3 Å². The van der Waals surface area contributed by atoms with Crippen LogP contribution in [0.2, 0.25) is 0 Å². The van der Waals surface area contributed by atoms with Crippen LogP contribution in [0.1, 0.15) is 12.5 Å². The van der Waals surface area contributed by atoms with Crippen molar-refractivity contribution in [1.29, 1.82) is 5.26 Å². The van der Waals surface area contributed by atoms with E-state index in [-0.39, 0.29) is 108 Å². The summed E-state index contributed by atoms with van der Waals surface area (Å²) in [5.74, 6) is 0. The number of allylic oxidation sites excluding steroid dienone is 1. The van der Waals surface area contributed by atoms with E-state index in [1.807, 2.05) is 12.1 Å². The molecule has 2 nitrogen and oxygen atoms in total. The van der Waals surface area contributed by atoms with Crippen LogP contribution in [0.5, 0.6) is 0 Å². The molecule has 0 aliphatic carbocycles. The first-order valence-corrected chi connectivity index (χ1v) is 6.26. The Balaban J connectivity index is 0.00000144. The Morgan fingerprint density at radius 2 is 2.11 bits per heavy atom. The molecule has 0 saturated carbocycles. The molecule has 0 bridgehead atoms. The van der Waals surface area contributed by atoms with E-state index in [1.54, 1.807) is 0 Å². The number of thioether (sulfide) groups is 2. The van der Waals surface area contributed by atoms with Crippen LogP contribution in [0.3, 0.4) is 0 Å². The molecule has 1 heterocycles. The molecule has 1 aromatic carbocycles. The standard InChI is InChI=1S/C12H6N2S2.2K/c1-3-8-4-5-10-11(6-8)16-12(15-10)9(7-13)14-2;;/h4H,3H2,1H3;;/q-2;2*+1/b12-9+;;. The van der Waals surface area contributed by atoms with Gasteiger partial charge in [-0.25, -0.2) is 19.9 Å². The molecule has 0 saturated heterocycles. The zero-order valence-electron chi connectivity index (χ0n) is 10.5. The Morgan fingerprint density at radius 1 is 1.44 bits per heavy atom. The first-order valence-electron chi connectivity index (χ1n) is 4.63. The Hall–Kier alpha value is 1.91. The van der Waals surface area contributed by atoms with Crippen LogP contribution in [0, 0.1) is 30.0 Å². The summed E-state index contributed by atoms with van der Waals surface area (Å²) in [6, 6.07) is 10.3. The fourth-order valence-corrected chi connectivity index (χ4v) is 3.47. The van der Waals surface area contributed by atoms with Gasteiger partial charge in [0.15, 0.2) is 0 Å². The molecular weight excluding hydrogens is 314 g/mol. The molecule has 0 spiro atoms. The van der Waals surface area contributed by atoms with Gasteiger partial charge in [0.2, 0.25) is 0 Å². The zero-order valence-corrected chi connectivity index (χ0v) is 18.4. The third-order valence-electron chi connectivity index (χ3n) is 2.04. The van der Waals surface area contributed by atoms with Gasteiger partial charge in [0.25, 0.3) is 5.70 Å². The van der Waals surface area contributed by atoms with Gasteiger partial charge < -0.3 is 12.1 Å². The van der Waals surface area contributed by atoms with Gasteiger partial charge in [0.05, 0.1) is 12.6 Å². The van der Waals surface area contributed by atoms with Gasteiger partial charge >= 0.3 is 103 Å². The summed E-state index contributed by atoms with van der Waals surface area (Å²) in [5, 5.41) is 8.80. The molecule has 1 aliphatic rings. The molecule has 6 heteroatoms. The topological polar surface area (TPSA) is 28.1 Å². The number of nitrogens with zero attached hydrogens (tertiary/aromatic N) is 2. The molecule has 78 valence electrons. The van der Waals surface area contributed by atoms with Crippen LogP contribution >= 0.6 is 23.5 Å². The van der Waals surface area contributed by atoms with Crippen molar-refractivity contribution in [2.24, 2.45) is 0 Å². The van der Waals surface area contributed by atoms with Crippen LogP contribution in [0.15, 0.2) is 25.8 Å². The summed E-state index contributed by atoms with van der Waals surface area (Å²) in [6.07, 6.45) is 0.919. The van der Waals surface area contributed by atoms with Gasteiger partial charge in [-0.2, -0.15) is 23.5 Å². The van der Waals surface area contributed by atoms with E-state index >= 15 is 0 Å². The molecule has 0 atom stereocenters. The quantitative estimate of drug-likeness (QED) is 0.330. The Kier molecular flexibility index (Phi) is 10.8. The first-order chi connectivity index (χ1) is 7.78. The fraction of sp³-hybridized carbons (Fsp3) is 0.167. The maximum Gasteiger partial charge on any atom is 1.00 e. The number of hydrogen-bond donors (Lipinski definition) is 0. The van der Waals surface area contributed by atoms with E-state index in [0.29, 0.717) is 0 Å². The fourth-order valence-electron chi connectivity index (χ4n) is 1.21. The third kappa shape index (κ3) is 4.73. The van der Waals surface area contributed by atoms with E-state index in [0.717, 1.165) is 26.0 Å². The molecule has 1 aliphatic heterocycles. The van der Waals surface area contributed by atoms with E-state index in [9.17, 15) is 0 Å². The van der Waals surface area contributed by atoms with E-state index in [4.69, 9.17) is 11.8 Å². The minimum Gasteiger partial charge on any atom is -0.304 e. The summed E-state index contributed by atoms with van der Waals surface area (Å²) in [5.41, 5.74) is 1.26. The van der Waals surface area contributed by atoms with Crippen LogP contribution in [-0.2, 0) is 6.42 Å². The molecule has 2 rings (SSSR count). The molecule has 0 N–H and O–H groups in total. The van der Waals surface area contributed by atoms with E-state index in [2.05, 4.69) is 23.9 Å². The van der Waals surface area contributed by atoms with E-state index < -0.39 is 0 Å². The van der Waals surface area contributed by atoms with Crippen molar-refractivity contribution in [2.45, 2.75) is 23.1 Å².